The zero-order chi connectivity index (χ0) is 21.9. The van der Waals surface area contributed by atoms with Crippen molar-refractivity contribution < 1.29 is 24.2 Å². The summed E-state index contributed by atoms with van der Waals surface area (Å²) in [5, 5.41) is 12.2. The minimum absolute atomic E-state index is 0.0467. The smallest absolute Gasteiger partial charge is 0.323 e. The lowest BCUT2D eigenvalue weighted by Crippen LogP contribution is -2.52. The van der Waals surface area contributed by atoms with Crippen LogP contribution in [0.3, 0.4) is 0 Å². The fourth-order valence-corrected chi connectivity index (χ4v) is 3.96. The number of nitrogens with one attached hydrogen (secondary N) is 1. The average molecular weight is 419 g/mol. The van der Waals surface area contributed by atoms with Crippen molar-refractivity contribution in [2.24, 2.45) is 0 Å². The molecule has 0 bridgehead atoms. The highest BCUT2D eigenvalue weighted by atomic mass is 16.5. The van der Waals surface area contributed by atoms with Gasteiger partial charge in [-0.2, -0.15) is 0 Å². The second kappa shape index (κ2) is 12.4. The van der Waals surface area contributed by atoms with Crippen molar-refractivity contribution in [2.45, 2.75) is 70.5 Å². The third-order valence-corrected chi connectivity index (χ3v) is 5.56. The molecule has 0 radical (unpaired) electrons. The van der Waals surface area contributed by atoms with Crippen LogP contribution >= 0.6 is 0 Å². The molecule has 1 aromatic carbocycles. The van der Waals surface area contributed by atoms with Crippen LogP contribution < -0.4 is 5.32 Å². The van der Waals surface area contributed by atoms with Gasteiger partial charge in [-0.25, -0.2) is 0 Å². The van der Waals surface area contributed by atoms with E-state index in [1.807, 2.05) is 30.3 Å². The maximum atomic E-state index is 13.2. The zero-order valence-electron chi connectivity index (χ0n) is 18.0. The molecule has 2 rings (SSSR count). The molecular formula is C23H34N2O5. The number of carboxylic acid groups (broad SMARTS) is 1. The van der Waals surface area contributed by atoms with Gasteiger partial charge in [0.1, 0.15) is 6.04 Å². The highest BCUT2D eigenvalue weighted by Gasteiger charge is 2.33. The van der Waals surface area contributed by atoms with Crippen LogP contribution in [0.5, 0.6) is 0 Å². The van der Waals surface area contributed by atoms with E-state index < -0.39 is 24.1 Å². The Morgan fingerprint density at radius 3 is 2.40 bits per heavy atom. The maximum absolute atomic E-state index is 13.2. The summed E-state index contributed by atoms with van der Waals surface area (Å²) in [4.78, 5) is 38.8. The molecular weight excluding hydrogens is 384 g/mol. The Bertz CT molecular complexity index is 688. The topological polar surface area (TPSA) is 95.9 Å². The van der Waals surface area contributed by atoms with Crippen molar-refractivity contribution in [3.63, 3.8) is 0 Å². The van der Waals surface area contributed by atoms with E-state index in [0.717, 1.165) is 31.5 Å². The number of Topliss-reactive ketones (excluding diaryl/α,β-unsaturated/α-hetero) is 1. The number of carboxylic acids is 1. The van der Waals surface area contributed by atoms with E-state index in [0.29, 0.717) is 12.8 Å². The van der Waals surface area contributed by atoms with Crippen molar-refractivity contribution in [3.05, 3.63) is 35.9 Å². The predicted octanol–water partition coefficient (Wildman–Crippen LogP) is 2.43. The molecule has 0 aliphatic carbocycles. The summed E-state index contributed by atoms with van der Waals surface area (Å²) in [5.41, 5.74) is 1.11. The van der Waals surface area contributed by atoms with Crippen molar-refractivity contribution in [3.8, 4) is 0 Å². The lowest BCUT2D eigenvalue weighted by atomic mass is 9.98. The first kappa shape index (κ1) is 24.0. The van der Waals surface area contributed by atoms with Gasteiger partial charge in [-0.3, -0.25) is 24.6 Å². The van der Waals surface area contributed by atoms with E-state index >= 15 is 0 Å². The number of benzene rings is 1. The number of hydrogen-bond acceptors (Lipinski definition) is 6. The lowest BCUT2D eigenvalue weighted by molar-refractivity contribution is -0.146. The first-order valence-corrected chi connectivity index (χ1v) is 10.9. The molecule has 0 saturated carbocycles. The van der Waals surface area contributed by atoms with E-state index in [1.165, 1.54) is 0 Å². The Kier molecular flexibility index (Phi) is 9.97. The van der Waals surface area contributed by atoms with Crippen LogP contribution in [-0.4, -0.2) is 65.6 Å². The minimum atomic E-state index is -0.903. The van der Waals surface area contributed by atoms with Crippen LogP contribution in [0, 0.1) is 0 Å². The third kappa shape index (κ3) is 7.54. The number of aryl methyl sites for hydroxylation is 1. The van der Waals surface area contributed by atoms with E-state index in [4.69, 9.17) is 9.84 Å². The number of hydrogen-bond donors (Lipinski definition) is 2. The summed E-state index contributed by atoms with van der Waals surface area (Å²) >= 11 is 0. The zero-order valence-corrected chi connectivity index (χ0v) is 18.0. The summed E-state index contributed by atoms with van der Waals surface area (Å²) in [7, 11) is 0. The Balaban J connectivity index is 2.04. The van der Waals surface area contributed by atoms with Crippen LogP contribution in [0.4, 0.5) is 0 Å². The van der Waals surface area contributed by atoms with Crippen molar-refractivity contribution >= 4 is 17.7 Å². The van der Waals surface area contributed by atoms with Crippen LogP contribution in [0.25, 0.3) is 0 Å². The maximum Gasteiger partial charge on any atom is 0.323 e. The fraction of sp³-hybridized carbons (Fsp3) is 0.609. The van der Waals surface area contributed by atoms with Crippen LogP contribution in [-0.2, 0) is 25.5 Å². The van der Waals surface area contributed by atoms with Gasteiger partial charge >= 0.3 is 11.9 Å². The molecule has 1 heterocycles. The molecule has 1 aliphatic rings. The number of aliphatic carboxylic acids is 1. The molecule has 166 valence electrons. The number of rotatable bonds is 13. The monoisotopic (exact) mass is 418 g/mol. The number of carbonyl (C=O) groups excluding carboxylic acids is 2. The second-order valence-electron chi connectivity index (χ2n) is 7.81. The van der Waals surface area contributed by atoms with Crippen molar-refractivity contribution in [1.82, 2.24) is 10.2 Å². The Hall–Kier alpha value is -2.25. The largest absolute Gasteiger partial charge is 0.481 e. The fourth-order valence-electron chi connectivity index (χ4n) is 3.96. The number of ether oxygens (including phenoxy) is 1. The number of ketones is 1. The number of likely N-dealkylation sites (tertiary alicyclic amines) is 1. The molecule has 2 N–H and O–H groups in total. The number of nitrogens with zero attached hydrogens (tertiary/aromatic N) is 1. The number of esters is 1. The van der Waals surface area contributed by atoms with Gasteiger partial charge in [-0.05, 0) is 64.6 Å². The van der Waals surface area contributed by atoms with Gasteiger partial charge in [-0.15, -0.1) is 0 Å². The van der Waals surface area contributed by atoms with E-state index in [1.54, 1.807) is 13.8 Å². The molecule has 1 aromatic rings. The molecule has 3 atom stereocenters. The van der Waals surface area contributed by atoms with Gasteiger partial charge in [0.25, 0.3) is 0 Å². The van der Waals surface area contributed by atoms with Gasteiger partial charge < -0.3 is 9.84 Å². The second-order valence-corrected chi connectivity index (χ2v) is 7.81. The molecule has 7 nitrogen and oxygen atoms in total. The highest BCUT2D eigenvalue weighted by molar-refractivity contribution is 5.90. The normalized spacial score (nSPS) is 17.3. The van der Waals surface area contributed by atoms with E-state index in [-0.39, 0.29) is 31.2 Å². The molecule has 1 aliphatic heterocycles. The van der Waals surface area contributed by atoms with Gasteiger partial charge in [0.15, 0.2) is 5.78 Å². The van der Waals surface area contributed by atoms with E-state index in [2.05, 4.69) is 10.2 Å². The standard InChI is InChI=1S/C23H34N2O5/c1-3-30-23(29)19(12-11-18-9-5-4-6-10-18)24-17(2)22(28)20(13-14-21(26)27)25-15-7-8-16-25/h4-6,9-10,17,19-20,24H,3,7-8,11-16H2,1-2H3,(H,26,27)/t17-,19-,20-/m0/s1. The van der Waals surface area contributed by atoms with Gasteiger partial charge in [-0.1, -0.05) is 30.3 Å². The summed E-state index contributed by atoms with van der Waals surface area (Å²) in [6, 6.07) is 8.26. The quantitative estimate of drug-likeness (QED) is 0.475. The molecule has 1 saturated heterocycles. The van der Waals surface area contributed by atoms with Crippen LogP contribution in [0.2, 0.25) is 0 Å². The summed E-state index contributed by atoms with van der Waals surface area (Å²) in [5.74, 6) is -1.33. The summed E-state index contributed by atoms with van der Waals surface area (Å²) in [6.45, 7) is 5.40. The number of carbonyl (C=O) groups is 3. The molecule has 0 unspecified atom stereocenters. The predicted molar refractivity (Wildman–Crippen MR) is 114 cm³/mol. The molecule has 0 aromatic heterocycles. The lowest BCUT2D eigenvalue weighted by Gasteiger charge is -2.30. The minimum Gasteiger partial charge on any atom is -0.481 e. The summed E-state index contributed by atoms with van der Waals surface area (Å²) in [6.07, 6.45) is 3.47. The third-order valence-electron chi connectivity index (χ3n) is 5.56. The molecule has 0 amide bonds. The first-order valence-electron chi connectivity index (χ1n) is 10.9. The Morgan fingerprint density at radius 1 is 1.13 bits per heavy atom. The van der Waals surface area contributed by atoms with Crippen LogP contribution in [0.1, 0.15) is 51.5 Å². The van der Waals surface area contributed by atoms with Crippen molar-refractivity contribution in [1.29, 1.82) is 0 Å². The molecule has 0 spiro atoms. The average Bonchev–Trinajstić information content (AvgIpc) is 3.26. The van der Waals surface area contributed by atoms with Gasteiger partial charge in [0, 0.05) is 6.42 Å². The van der Waals surface area contributed by atoms with Crippen molar-refractivity contribution in [2.75, 3.05) is 19.7 Å². The SMILES string of the molecule is CCOC(=O)[C@H](CCc1ccccc1)N[C@@H](C)C(=O)[C@H](CCC(=O)O)N1CCCC1. The molecule has 1 fully saturated rings. The summed E-state index contributed by atoms with van der Waals surface area (Å²) < 4.78 is 5.21. The highest BCUT2D eigenvalue weighted by Crippen LogP contribution is 2.18. The first-order chi connectivity index (χ1) is 14.4. The van der Waals surface area contributed by atoms with E-state index in [9.17, 15) is 14.4 Å². The Labute approximate surface area is 178 Å². The Morgan fingerprint density at radius 2 is 1.80 bits per heavy atom. The molecule has 30 heavy (non-hydrogen) atoms. The van der Waals surface area contributed by atoms with Gasteiger partial charge in [0.05, 0.1) is 18.7 Å². The van der Waals surface area contributed by atoms with Crippen LogP contribution in [0.15, 0.2) is 30.3 Å². The molecule has 7 heteroatoms. The van der Waals surface area contributed by atoms with Gasteiger partial charge in [0.2, 0.25) is 0 Å².